The van der Waals surface area contributed by atoms with E-state index in [-0.39, 0.29) is 12.0 Å². The topological polar surface area (TPSA) is 9.23 Å². The summed E-state index contributed by atoms with van der Waals surface area (Å²) < 4.78 is 33.4. The van der Waals surface area contributed by atoms with Gasteiger partial charge in [0.2, 0.25) is 0 Å². The molecule has 0 aliphatic rings. The van der Waals surface area contributed by atoms with Crippen molar-refractivity contribution in [1.29, 1.82) is 0 Å². The molecule has 1 nitrogen and oxygen atoms in total. The molecule has 0 atom stereocenters. The van der Waals surface area contributed by atoms with Gasteiger partial charge in [-0.1, -0.05) is 31.2 Å². The zero-order valence-corrected chi connectivity index (χ0v) is 11.7. The number of methoxy groups -OCH3 is 1. The van der Waals surface area contributed by atoms with Gasteiger partial charge in [-0.2, -0.15) is 0 Å². The third-order valence-corrected chi connectivity index (χ3v) is 3.37. The highest BCUT2D eigenvalue weighted by atomic mass is 19.3. The van der Waals surface area contributed by atoms with Gasteiger partial charge in [0.25, 0.3) is 5.92 Å². The summed E-state index contributed by atoms with van der Waals surface area (Å²) in [7, 11) is 1.52. The SMILES string of the molecule is CCc1ccc(CC(F)(F)c2ccc(OC)cc2)cc1. The van der Waals surface area contributed by atoms with Gasteiger partial charge in [0.05, 0.1) is 7.11 Å². The zero-order valence-electron chi connectivity index (χ0n) is 11.7. The fraction of sp³-hybridized carbons (Fsp3) is 0.294. The van der Waals surface area contributed by atoms with Crippen LogP contribution in [0.2, 0.25) is 0 Å². The van der Waals surface area contributed by atoms with Crippen molar-refractivity contribution in [2.24, 2.45) is 0 Å². The first kappa shape index (κ1) is 14.5. The van der Waals surface area contributed by atoms with Crippen LogP contribution < -0.4 is 4.74 Å². The highest BCUT2D eigenvalue weighted by Gasteiger charge is 2.31. The number of hydrogen-bond donors (Lipinski definition) is 0. The Bertz CT molecular complexity index is 544. The Balaban J connectivity index is 2.15. The van der Waals surface area contributed by atoms with Crippen molar-refractivity contribution in [3.63, 3.8) is 0 Å². The fourth-order valence-corrected chi connectivity index (χ4v) is 2.09. The molecule has 0 fully saturated rings. The molecule has 0 aliphatic heterocycles. The predicted octanol–water partition coefficient (Wildman–Crippen LogP) is 4.59. The van der Waals surface area contributed by atoms with Crippen LogP contribution in [0.4, 0.5) is 8.78 Å². The quantitative estimate of drug-likeness (QED) is 0.776. The minimum atomic E-state index is -2.87. The van der Waals surface area contributed by atoms with Gasteiger partial charge in [0.1, 0.15) is 5.75 Å². The number of hydrogen-bond acceptors (Lipinski definition) is 1. The van der Waals surface area contributed by atoms with Gasteiger partial charge in [0, 0.05) is 12.0 Å². The Morgan fingerprint density at radius 3 is 1.95 bits per heavy atom. The number of ether oxygens (including phenoxy) is 1. The number of halogens is 2. The summed E-state index contributed by atoms with van der Waals surface area (Å²) >= 11 is 0. The molecular formula is C17H18F2O. The van der Waals surface area contributed by atoms with E-state index in [2.05, 4.69) is 0 Å². The molecular weight excluding hydrogens is 258 g/mol. The highest BCUT2D eigenvalue weighted by Crippen LogP contribution is 2.32. The molecule has 0 amide bonds. The fourth-order valence-electron chi connectivity index (χ4n) is 2.09. The third-order valence-electron chi connectivity index (χ3n) is 3.37. The van der Waals surface area contributed by atoms with E-state index in [9.17, 15) is 8.78 Å². The molecule has 0 aromatic heterocycles. The summed E-state index contributed by atoms with van der Waals surface area (Å²) in [5, 5.41) is 0. The maximum absolute atomic E-state index is 14.2. The van der Waals surface area contributed by atoms with Gasteiger partial charge in [0.15, 0.2) is 0 Å². The number of benzene rings is 2. The van der Waals surface area contributed by atoms with E-state index in [4.69, 9.17) is 4.74 Å². The number of rotatable bonds is 5. The average Bonchev–Trinajstić information content (AvgIpc) is 2.48. The van der Waals surface area contributed by atoms with Crippen LogP contribution in [0.1, 0.15) is 23.6 Å². The molecule has 0 unspecified atom stereocenters. The molecule has 0 spiro atoms. The van der Waals surface area contributed by atoms with Crippen molar-refractivity contribution >= 4 is 0 Å². The molecule has 2 aromatic carbocycles. The van der Waals surface area contributed by atoms with E-state index in [0.717, 1.165) is 12.0 Å². The maximum atomic E-state index is 14.2. The van der Waals surface area contributed by atoms with E-state index in [0.29, 0.717) is 11.3 Å². The highest BCUT2D eigenvalue weighted by molar-refractivity contribution is 5.32. The Kier molecular flexibility index (Phi) is 4.38. The van der Waals surface area contributed by atoms with Gasteiger partial charge in [-0.25, -0.2) is 8.78 Å². The van der Waals surface area contributed by atoms with Gasteiger partial charge in [-0.3, -0.25) is 0 Å². The normalized spacial score (nSPS) is 11.4. The molecule has 0 aliphatic carbocycles. The van der Waals surface area contributed by atoms with Crippen LogP contribution in [0.15, 0.2) is 48.5 Å². The van der Waals surface area contributed by atoms with Crippen molar-refractivity contribution in [3.05, 3.63) is 65.2 Å². The van der Waals surface area contributed by atoms with E-state index in [1.807, 2.05) is 19.1 Å². The predicted molar refractivity (Wildman–Crippen MR) is 76.4 cm³/mol. The Morgan fingerprint density at radius 2 is 1.45 bits per heavy atom. The molecule has 0 heterocycles. The Labute approximate surface area is 118 Å². The minimum absolute atomic E-state index is 0.0119. The minimum Gasteiger partial charge on any atom is -0.497 e. The first-order chi connectivity index (χ1) is 9.55. The monoisotopic (exact) mass is 276 g/mol. The largest absolute Gasteiger partial charge is 0.497 e. The molecule has 0 N–H and O–H groups in total. The first-order valence-corrected chi connectivity index (χ1v) is 6.65. The summed E-state index contributed by atoms with van der Waals surface area (Å²) in [5.41, 5.74) is 1.81. The van der Waals surface area contributed by atoms with Gasteiger partial charge >= 0.3 is 0 Å². The molecule has 0 bridgehead atoms. The standard InChI is InChI=1S/C17H18F2O/c1-3-13-4-6-14(7-5-13)12-17(18,19)15-8-10-16(20-2)11-9-15/h4-11H,3,12H2,1-2H3. The molecule has 0 saturated carbocycles. The van der Waals surface area contributed by atoms with Crippen molar-refractivity contribution < 1.29 is 13.5 Å². The van der Waals surface area contributed by atoms with Crippen LogP contribution in [0.3, 0.4) is 0 Å². The van der Waals surface area contributed by atoms with Crippen LogP contribution in [0, 0.1) is 0 Å². The maximum Gasteiger partial charge on any atom is 0.277 e. The van der Waals surface area contributed by atoms with Crippen molar-refractivity contribution in [2.45, 2.75) is 25.7 Å². The second-order valence-electron chi connectivity index (χ2n) is 4.78. The molecule has 106 valence electrons. The van der Waals surface area contributed by atoms with Crippen LogP contribution in [-0.2, 0) is 18.8 Å². The molecule has 2 rings (SSSR count). The van der Waals surface area contributed by atoms with Crippen LogP contribution in [0.5, 0.6) is 5.75 Å². The van der Waals surface area contributed by atoms with E-state index >= 15 is 0 Å². The Morgan fingerprint density at radius 1 is 0.900 bits per heavy atom. The second-order valence-corrected chi connectivity index (χ2v) is 4.78. The number of aryl methyl sites for hydroxylation is 1. The molecule has 2 aromatic rings. The van der Waals surface area contributed by atoms with Crippen molar-refractivity contribution in [1.82, 2.24) is 0 Å². The van der Waals surface area contributed by atoms with Crippen molar-refractivity contribution in [2.75, 3.05) is 7.11 Å². The molecule has 3 heteroatoms. The van der Waals surface area contributed by atoms with Gasteiger partial charge in [-0.15, -0.1) is 0 Å². The lowest BCUT2D eigenvalue weighted by Crippen LogP contribution is -2.16. The summed E-state index contributed by atoms with van der Waals surface area (Å²) in [5.74, 6) is -2.29. The lowest BCUT2D eigenvalue weighted by molar-refractivity contribution is -0.00385. The third kappa shape index (κ3) is 3.35. The lowest BCUT2D eigenvalue weighted by Gasteiger charge is -2.17. The summed E-state index contributed by atoms with van der Waals surface area (Å²) in [4.78, 5) is 0. The van der Waals surface area contributed by atoms with E-state index < -0.39 is 5.92 Å². The smallest absolute Gasteiger partial charge is 0.277 e. The summed E-state index contributed by atoms with van der Waals surface area (Å²) in [6, 6.07) is 13.3. The summed E-state index contributed by atoms with van der Waals surface area (Å²) in [6.45, 7) is 2.04. The van der Waals surface area contributed by atoms with Crippen LogP contribution in [0.25, 0.3) is 0 Å². The van der Waals surface area contributed by atoms with Crippen LogP contribution in [-0.4, -0.2) is 7.11 Å². The Hall–Kier alpha value is -1.90. The lowest BCUT2D eigenvalue weighted by atomic mass is 9.99. The molecule has 20 heavy (non-hydrogen) atoms. The van der Waals surface area contributed by atoms with Gasteiger partial charge < -0.3 is 4.74 Å². The van der Waals surface area contributed by atoms with E-state index in [1.54, 1.807) is 24.3 Å². The summed E-state index contributed by atoms with van der Waals surface area (Å²) in [6.07, 6.45) is 0.623. The van der Waals surface area contributed by atoms with E-state index in [1.165, 1.54) is 19.2 Å². The van der Waals surface area contributed by atoms with Gasteiger partial charge in [-0.05, 0) is 41.8 Å². The number of alkyl halides is 2. The van der Waals surface area contributed by atoms with Crippen LogP contribution >= 0.6 is 0 Å². The molecule has 0 saturated heterocycles. The molecule has 0 radical (unpaired) electrons. The zero-order chi connectivity index (χ0) is 14.6. The second kappa shape index (κ2) is 6.04. The first-order valence-electron chi connectivity index (χ1n) is 6.65. The van der Waals surface area contributed by atoms with Crippen molar-refractivity contribution in [3.8, 4) is 5.75 Å². The average molecular weight is 276 g/mol.